The summed E-state index contributed by atoms with van der Waals surface area (Å²) in [5.74, 6) is -0.662. The highest BCUT2D eigenvalue weighted by molar-refractivity contribution is 6.31. The van der Waals surface area contributed by atoms with Gasteiger partial charge in [0.15, 0.2) is 0 Å². The summed E-state index contributed by atoms with van der Waals surface area (Å²) in [6.07, 6.45) is -4.79. The third-order valence-corrected chi connectivity index (χ3v) is 6.45. The van der Waals surface area contributed by atoms with Gasteiger partial charge in [0.2, 0.25) is 0 Å². The second-order valence-electron chi connectivity index (χ2n) is 8.45. The van der Waals surface area contributed by atoms with Crippen LogP contribution in [0.2, 0.25) is 5.02 Å². The van der Waals surface area contributed by atoms with E-state index in [1.165, 1.54) is 23.1 Å². The second kappa shape index (κ2) is 9.34. The Morgan fingerprint density at radius 2 is 1.89 bits per heavy atom. The first kappa shape index (κ1) is 24.7. The van der Waals surface area contributed by atoms with Crippen molar-refractivity contribution in [2.24, 2.45) is 0 Å². The van der Waals surface area contributed by atoms with Crippen LogP contribution in [0.25, 0.3) is 16.8 Å². The zero-order valence-electron chi connectivity index (χ0n) is 18.7. The fraction of sp³-hybridized carbons (Fsp3) is 0.231. The van der Waals surface area contributed by atoms with Gasteiger partial charge in [-0.1, -0.05) is 48.5 Å². The van der Waals surface area contributed by atoms with Crippen molar-refractivity contribution in [2.45, 2.75) is 31.7 Å². The number of hydrogen-bond acceptors (Lipinski definition) is 3. The van der Waals surface area contributed by atoms with E-state index in [0.717, 1.165) is 11.6 Å². The van der Waals surface area contributed by atoms with E-state index in [1.54, 1.807) is 13.0 Å². The van der Waals surface area contributed by atoms with E-state index in [9.17, 15) is 22.4 Å². The lowest BCUT2D eigenvalue weighted by Gasteiger charge is -2.50. The molecule has 35 heavy (non-hydrogen) atoms. The Kier molecular flexibility index (Phi) is 6.60. The van der Waals surface area contributed by atoms with Crippen molar-refractivity contribution in [2.75, 3.05) is 6.54 Å². The number of ether oxygens (including phenoxy) is 1. The zero-order valence-corrected chi connectivity index (χ0v) is 19.5. The van der Waals surface area contributed by atoms with Crippen LogP contribution >= 0.6 is 11.6 Å². The van der Waals surface area contributed by atoms with E-state index < -0.39 is 34.9 Å². The van der Waals surface area contributed by atoms with Crippen molar-refractivity contribution >= 4 is 23.3 Å². The van der Waals surface area contributed by atoms with Gasteiger partial charge in [-0.05, 0) is 54.8 Å². The first-order valence-electron chi connectivity index (χ1n) is 10.7. The number of carbonyl (C=O) groups is 1. The van der Waals surface area contributed by atoms with Crippen LogP contribution in [-0.2, 0) is 16.9 Å². The number of halogens is 5. The lowest BCUT2D eigenvalue weighted by atomic mass is 9.79. The highest BCUT2D eigenvalue weighted by Gasteiger charge is 2.46. The summed E-state index contributed by atoms with van der Waals surface area (Å²) in [6.45, 7) is 5.36. The molecule has 0 radical (unpaired) electrons. The number of rotatable bonds is 5. The maximum absolute atomic E-state index is 13.7. The molecular weight excluding hydrogens is 484 g/mol. The Morgan fingerprint density at radius 3 is 2.49 bits per heavy atom. The number of allylic oxidation sites excluding steroid dienone is 1. The zero-order chi connectivity index (χ0) is 25.4. The molecule has 2 aromatic carbocycles. The Morgan fingerprint density at radius 1 is 1.17 bits per heavy atom. The van der Waals surface area contributed by atoms with Gasteiger partial charge in [-0.15, -0.1) is 0 Å². The van der Waals surface area contributed by atoms with Gasteiger partial charge in [0, 0.05) is 12.1 Å². The molecule has 0 spiro atoms. The van der Waals surface area contributed by atoms with Gasteiger partial charge >= 0.3 is 12.3 Å². The molecule has 1 aliphatic rings. The van der Waals surface area contributed by atoms with Crippen LogP contribution in [0.3, 0.4) is 0 Å². The quantitative estimate of drug-likeness (QED) is 0.340. The summed E-state index contributed by atoms with van der Waals surface area (Å²) in [5, 5.41) is -0.188. The monoisotopic (exact) mass is 504 g/mol. The minimum Gasteiger partial charge on any atom is -0.445 e. The lowest BCUT2D eigenvalue weighted by molar-refractivity contribution is -0.0689. The molecule has 0 aliphatic carbocycles. The molecule has 0 bridgehead atoms. The number of carbonyl (C=O) groups excluding carboxylic acids is 1. The number of nitrogens with zero attached hydrogens (tertiary/aromatic N) is 2. The molecule has 1 atom stereocenters. The number of pyridine rings is 1. The standard InChI is InChI=1S/C26H21ClF4N2O2/c1-16(26(29,30)31)22-13-19(14-23(32-22)18-8-9-21(28)20(27)12-18)25(2)10-11-33(25)24(34)35-15-17-6-4-3-5-7-17/h3-9,12-14H,1,10-11,15H2,2H3. The Bertz CT molecular complexity index is 1280. The van der Waals surface area contributed by atoms with E-state index in [1.807, 2.05) is 30.3 Å². The van der Waals surface area contributed by atoms with Crippen LogP contribution < -0.4 is 0 Å². The average Bonchev–Trinajstić information content (AvgIpc) is 2.82. The smallest absolute Gasteiger partial charge is 0.417 e. The molecule has 4 nitrogen and oxygen atoms in total. The number of hydrogen-bond donors (Lipinski definition) is 0. The molecule has 1 unspecified atom stereocenters. The second-order valence-corrected chi connectivity index (χ2v) is 8.85. The highest BCUT2D eigenvalue weighted by Crippen LogP contribution is 2.43. The lowest BCUT2D eigenvalue weighted by Crippen LogP contribution is -2.58. The predicted octanol–water partition coefficient (Wildman–Crippen LogP) is 7.37. The molecule has 1 aromatic heterocycles. The van der Waals surface area contributed by atoms with Crippen LogP contribution in [-0.4, -0.2) is 28.7 Å². The molecular formula is C26H21ClF4N2O2. The molecule has 0 N–H and O–H groups in total. The van der Waals surface area contributed by atoms with Gasteiger partial charge in [0.1, 0.15) is 12.4 Å². The Labute approximate surface area is 204 Å². The number of likely N-dealkylation sites (tertiary alicyclic amines) is 1. The van der Waals surface area contributed by atoms with Crippen molar-refractivity contribution in [1.82, 2.24) is 9.88 Å². The van der Waals surface area contributed by atoms with E-state index in [2.05, 4.69) is 11.6 Å². The van der Waals surface area contributed by atoms with E-state index >= 15 is 0 Å². The van der Waals surface area contributed by atoms with E-state index in [0.29, 0.717) is 24.1 Å². The predicted molar refractivity (Wildman–Crippen MR) is 125 cm³/mol. The number of aromatic nitrogens is 1. The fourth-order valence-electron chi connectivity index (χ4n) is 3.89. The van der Waals surface area contributed by atoms with Gasteiger partial charge in [-0.25, -0.2) is 14.2 Å². The van der Waals surface area contributed by atoms with Crippen molar-refractivity contribution in [3.8, 4) is 11.3 Å². The fourth-order valence-corrected chi connectivity index (χ4v) is 4.07. The molecule has 2 heterocycles. The molecule has 1 amide bonds. The summed E-state index contributed by atoms with van der Waals surface area (Å²) in [6, 6.07) is 15.8. The van der Waals surface area contributed by atoms with Crippen LogP contribution in [0.15, 0.2) is 67.2 Å². The molecule has 1 aliphatic heterocycles. The molecule has 3 aromatic rings. The Hall–Kier alpha value is -3.39. The van der Waals surface area contributed by atoms with Gasteiger partial charge in [-0.2, -0.15) is 13.2 Å². The summed E-state index contributed by atoms with van der Waals surface area (Å²) >= 11 is 5.89. The van der Waals surface area contributed by atoms with Crippen LogP contribution in [0, 0.1) is 5.82 Å². The van der Waals surface area contributed by atoms with Crippen molar-refractivity contribution < 1.29 is 27.1 Å². The first-order valence-corrected chi connectivity index (χ1v) is 11.1. The number of benzene rings is 2. The minimum atomic E-state index is -4.71. The summed E-state index contributed by atoms with van der Waals surface area (Å²) in [4.78, 5) is 18.4. The molecule has 1 fully saturated rings. The number of alkyl halides is 3. The maximum atomic E-state index is 13.7. The summed E-state index contributed by atoms with van der Waals surface area (Å²) < 4.78 is 59.6. The van der Waals surface area contributed by atoms with E-state index in [-0.39, 0.29) is 17.3 Å². The van der Waals surface area contributed by atoms with Crippen LogP contribution in [0.1, 0.15) is 30.2 Å². The largest absolute Gasteiger partial charge is 0.445 e. The first-order chi connectivity index (χ1) is 16.5. The maximum Gasteiger partial charge on any atom is 0.417 e. The molecule has 182 valence electrons. The summed E-state index contributed by atoms with van der Waals surface area (Å²) in [5.41, 5.74) is -0.745. The molecule has 4 rings (SSSR count). The average molecular weight is 505 g/mol. The third-order valence-electron chi connectivity index (χ3n) is 6.16. The van der Waals surface area contributed by atoms with Crippen LogP contribution in [0.4, 0.5) is 22.4 Å². The normalized spacial score (nSPS) is 17.6. The summed E-state index contributed by atoms with van der Waals surface area (Å²) in [7, 11) is 0. The highest BCUT2D eigenvalue weighted by atomic mass is 35.5. The van der Waals surface area contributed by atoms with Gasteiger partial charge < -0.3 is 4.74 Å². The topological polar surface area (TPSA) is 42.4 Å². The van der Waals surface area contributed by atoms with Crippen LogP contribution in [0.5, 0.6) is 0 Å². The molecule has 1 saturated heterocycles. The van der Waals surface area contributed by atoms with Crippen molar-refractivity contribution in [3.63, 3.8) is 0 Å². The van der Waals surface area contributed by atoms with Gasteiger partial charge in [0.25, 0.3) is 0 Å². The number of amides is 1. The van der Waals surface area contributed by atoms with Gasteiger partial charge in [-0.3, -0.25) is 4.90 Å². The molecule has 9 heteroatoms. The van der Waals surface area contributed by atoms with Crippen molar-refractivity contribution in [3.05, 3.63) is 94.9 Å². The molecule has 0 saturated carbocycles. The third kappa shape index (κ3) is 5.03. The van der Waals surface area contributed by atoms with Gasteiger partial charge in [0.05, 0.1) is 27.5 Å². The SMILES string of the molecule is C=C(c1cc(C2(C)CCN2C(=O)OCc2ccccc2)cc(-c2ccc(F)c(Cl)c2)n1)C(F)(F)F. The Balaban J connectivity index is 1.69. The van der Waals surface area contributed by atoms with E-state index in [4.69, 9.17) is 16.3 Å². The minimum absolute atomic E-state index is 0.0675. The van der Waals surface area contributed by atoms with Crippen molar-refractivity contribution in [1.29, 1.82) is 0 Å².